The molecule has 2 heterocycles. The normalized spacial score (nSPS) is 24.1. The molecule has 2 aliphatic rings. The first-order valence-corrected chi connectivity index (χ1v) is 9.06. The highest BCUT2D eigenvalue weighted by Gasteiger charge is 2.41. The highest BCUT2D eigenvalue weighted by Crippen LogP contribution is 2.34. The van der Waals surface area contributed by atoms with Gasteiger partial charge in [-0.05, 0) is 42.3 Å². The molecule has 2 aliphatic heterocycles. The van der Waals surface area contributed by atoms with Gasteiger partial charge in [0.25, 0.3) is 5.91 Å². The van der Waals surface area contributed by atoms with Crippen molar-refractivity contribution in [3.8, 4) is 5.75 Å². The number of nitrogens with one attached hydrogen (secondary N) is 2. The number of ether oxygens (including phenoxy) is 1. The highest BCUT2D eigenvalue weighted by atomic mass is 19.2. The number of likely N-dealkylation sites (tertiary alicyclic amines) is 1. The Hall–Kier alpha value is -2.58. The molecule has 8 heteroatoms. The second kappa shape index (κ2) is 7.44. The number of hydrogen-bond acceptors (Lipinski definition) is 4. The zero-order valence-corrected chi connectivity index (χ0v) is 15.2. The van der Waals surface area contributed by atoms with Crippen LogP contribution in [-0.2, 0) is 0 Å². The Bertz CT molecular complexity index is 908. The summed E-state index contributed by atoms with van der Waals surface area (Å²) in [7, 11) is 1.36. The van der Waals surface area contributed by atoms with E-state index in [1.807, 2.05) is 0 Å². The lowest BCUT2D eigenvalue weighted by Gasteiger charge is -2.36. The Morgan fingerprint density at radius 2 is 1.89 bits per heavy atom. The van der Waals surface area contributed by atoms with Gasteiger partial charge in [0.15, 0.2) is 23.2 Å². The predicted octanol–water partition coefficient (Wildman–Crippen LogP) is 2.79. The Morgan fingerprint density at radius 1 is 1.07 bits per heavy atom. The van der Waals surface area contributed by atoms with Crippen LogP contribution in [0.3, 0.4) is 0 Å². The lowest BCUT2D eigenvalue weighted by molar-refractivity contribution is 0.0652. The van der Waals surface area contributed by atoms with Crippen molar-refractivity contribution in [1.29, 1.82) is 0 Å². The van der Waals surface area contributed by atoms with E-state index in [4.69, 9.17) is 4.74 Å². The number of amides is 1. The van der Waals surface area contributed by atoms with Crippen LogP contribution < -0.4 is 15.6 Å². The number of hydrogen-bond donors (Lipinski definition) is 2. The summed E-state index contributed by atoms with van der Waals surface area (Å²) in [5, 5.41) is 0. The summed E-state index contributed by atoms with van der Waals surface area (Å²) < 4.78 is 45.8. The zero-order valence-electron chi connectivity index (χ0n) is 15.2. The van der Waals surface area contributed by atoms with Crippen LogP contribution in [0.25, 0.3) is 0 Å². The summed E-state index contributed by atoms with van der Waals surface area (Å²) in [4.78, 5) is 14.5. The molecule has 2 N–H and O–H groups in total. The zero-order chi connectivity index (χ0) is 19.8. The van der Waals surface area contributed by atoms with Gasteiger partial charge in [-0.2, -0.15) is 0 Å². The molecule has 0 radical (unpaired) electrons. The third-order valence-corrected chi connectivity index (χ3v) is 5.50. The van der Waals surface area contributed by atoms with E-state index in [0.29, 0.717) is 25.1 Å². The SMILES string of the molecule is COc1ccc(C(=O)N2CCC3NNC(c4ccc(F)c(F)c4)C3C2)cc1F. The molecule has 0 aliphatic carbocycles. The van der Waals surface area contributed by atoms with Gasteiger partial charge in [0.1, 0.15) is 0 Å². The van der Waals surface area contributed by atoms with Gasteiger partial charge < -0.3 is 9.64 Å². The van der Waals surface area contributed by atoms with Crippen molar-refractivity contribution in [3.63, 3.8) is 0 Å². The molecule has 0 aromatic heterocycles. The summed E-state index contributed by atoms with van der Waals surface area (Å²) in [6, 6.07) is 7.80. The van der Waals surface area contributed by atoms with Crippen LogP contribution >= 0.6 is 0 Å². The van der Waals surface area contributed by atoms with Crippen LogP contribution in [0.4, 0.5) is 13.2 Å². The molecule has 1 amide bonds. The number of hydrazine groups is 1. The molecule has 0 saturated carbocycles. The van der Waals surface area contributed by atoms with Gasteiger partial charge >= 0.3 is 0 Å². The number of rotatable bonds is 3. The number of fused-ring (bicyclic) bond motifs is 1. The topological polar surface area (TPSA) is 53.6 Å². The fourth-order valence-electron chi connectivity index (χ4n) is 4.01. The maximum absolute atomic E-state index is 14.0. The molecule has 2 aromatic rings. The van der Waals surface area contributed by atoms with Crippen molar-refractivity contribution in [2.45, 2.75) is 18.5 Å². The minimum atomic E-state index is -0.903. The third-order valence-electron chi connectivity index (χ3n) is 5.50. The first-order valence-electron chi connectivity index (χ1n) is 9.06. The van der Waals surface area contributed by atoms with E-state index in [-0.39, 0.29) is 35.2 Å². The van der Waals surface area contributed by atoms with Gasteiger partial charge in [-0.1, -0.05) is 6.07 Å². The van der Waals surface area contributed by atoms with E-state index >= 15 is 0 Å². The quantitative estimate of drug-likeness (QED) is 0.845. The molecule has 148 valence electrons. The van der Waals surface area contributed by atoms with E-state index < -0.39 is 17.5 Å². The number of methoxy groups -OCH3 is 1. The van der Waals surface area contributed by atoms with Crippen LogP contribution in [0.5, 0.6) is 5.75 Å². The van der Waals surface area contributed by atoms with Crippen LogP contribution in [0, 0.1) is 23.4 Å². The van der Waals surface area contributed by atoms with Crippen molar-refractivity contribution in [1.82, 2.24) is 15.8 Å². The lowest BCUT2D eigenvalue weighted by Crippen LogP contribution is -2.47. The predicted molar refractivity (Wildman–Crippen MR) is 96.1 cm³/mol. The van der Waals surface area contributed by atoms with E-state index in [1.165, 1.54) is 31.4 Å². The van der Waals surface area contributed by atoms with E-state index in [2.05, 4.69) is 10.9 Å². The standard InChI is InChI=1S/C20H20F3N3O2/c1-28-18-5-3-12(9-16(18)23)20(27)26-7-6-17-13(10-26)19(25-24-17)11-2-4-14(21)15(22)8-11/h2-5,8-9,13,17,19,24-25H,6-7,10H2,1H3. The minimum absolute atomic E-state index is 0.0225. The number of benzene rings is 2. The van der Waals surface area contributed by atoms with Crippen LogP contribution in [0.1, 0.15) is 28.4 Å². The first kappa shape index (κ1) is 18.8. The number of nitrogens with zero attached hydrogens (tertiary/aromatic N) is 1. The van der Waals surface area contributed by atoms with Crippen LogP contribution in [0.15, 0.2) is 36.4 Å². The fourth-order valence-corrected chi connectivity index (χ4v) is 4.01. The summed E-state index contributed by atoms with van der Waals surface area (Å²) in [5.41, 5.74) is 7.18. The number of carbonyl (C=O) groups is 1. The molecule has 5 nitrogen and oxygen atoms in total. The van der Waals surface area contributed by atoms with E-state index in [9.17, 15) is 18.0 Å². The molecule has 2 fully saturated rings. The summed E-state index contributed by atoms with van der Waals surface area (Å²) in [5.74, 6) is -2.60. The molecule has 3 atom stereocenters. The molecule has 3 unspecified atom stereocenters. The maximum atomic E-state index is 14.0. The Morgan fingerprint density at radius 3 is 2.61 bits per heavy atom. The van der Waals surface area contributed by atoms with Gasteiger partial charge in [0.2, 0.25) is 0 Å². The monoisotopic (exact) mass is 391 g/mol. The minimum Gasteiger partial charge on any atom is -0.494 e. The van der Waals surface area contributed by atoms with Crippen molar-refractivity contribution < 1.29 is 22.7 Å². The summed E-state index contributed by atoms with van der Waals surface area (Å²) >= 11 is 0. The molecular weight excluding hydrogens is 371 g/mol. The molecule has 0 spiro atoms. The summed E-state index contributed by atoms with van der Waals surface area (Å²) in [6.45, 7) is 0.938. The van der Waals surface area contributed by atoms with Crippen molar-refractivity contribution in [2.24, 2.45) is 5.92 Å². The second-order valence-corrected chi connectivity index (χ2v) is 7.10. The van der Waals surface area contributed by atoms with Gasteiger partial charge in [-0.15, -0.1) is 0 Å². The Labute approximate surface area is 160 Å². The van der Waals surface area contributed by atoms with E-state index in [1.54, 1.807) is 11.0 Å². The average molecular weight is 391 g/mol. The number of halogens is 3. The van der Waals surface area contributed by atoms with Crippen LogP contribution in [0.2, 0.25) is 0 Å². The van der Waals surface area contributed by atoms with Gasteiger partial charge in [-0.25, -0.2) is 18.6 Å². The fraction of sp³-hybridized carbons (Fsp3) is 0.350. The van der Waals surface area contributed by atoms with Gasteiger partial charge in [0, 0.05) is 30.6 Å². The lowest BCUT2D eigenvalue weighted by atomic mass is 9.85. The van der Waals surface area contributed by atoms with Crippen molar-refractivity contribution in [3.05, 3.63) is 65.0 Å². The molecule has 28 heavy (non-hydrogen) atoms. The molecular formula is C20H20F3N3O2. The number of piperidine rings is 1. The molecule has 4 rings (SSSR count). The van der Waals surface area contributed by atoms with Crippen molar-refractivity contribution >= 4 is 5.91 Å². The first-order chi connectivity index (χ1) is 13.5. The van der Waals surface area contributed by atoms with Gasteiger partial charge in [0.05, 0.1) is 13.2 Å². The van der Waals surface area contributed by atoms with E-state index in [0.717, 1.165) is 6.07 Å². The molecule has 0 bridgehead atoms. The highest BCUT2D eigenvalue weighted by molar-refractivity contribution is 5.94. The average Bonchev–Trinajstić information content (AvgIpc) is 3.12. The summed E-state index contributed by atoms with van der Waals surface area (Å²) in [6.07, 6.45) is 0.697. The van der Waals surface area contributed by atoms with Crippen LogP contribution in [-0.4, -0.2) is 37.0 Å². The van der Waals surface area contributed by atoms with Gasteiger partial charge in [-0.3, -0.25) is 10.2 Å². The number of carbonyl (C=O) groups excluding carboxylic acids is 1. The largest absolute Gasteiger partial charge is 0.494 e. The van der Waals surface area contributed by atoms with Crippen molar-refractivity contribution in [2.75, 3.05) is 20.2 Å². The third kappa shape index (κ3) is 3.33. The Balaban J connectivity index is 1.53. The second-order valence-electron chi connectivity index (χ2n) is 7.10. The smallest absolute Gasteiger partial charge is 0.253 e. The maximum Gasteiger partial charge on any atom is 0.253 e. The molecule has 2 saturated heterocycles. The molecule has 2 aromatic carbocycles. The Kier molecular flexibility index (Phi) is 4.99.